The van der Waals surface area contributed by atoms with Crippen molar-refractivity contribution in [3.63, 3.8) is 0 Å². The van der Waals surface area contributed by atoms with E-state index in [2.05, 4.69) is 10.2 Å². The van der Waals surface area contributed by atoms with Gasteiger partial charge in [0.1, 0.15) is 11.9 Å². The van der Waals surface area contributed by atoms with Crippen LogP contribution in [0.5, 0.6) is 0 Å². The third-order valence-corrected chi connectivity index (χ3v) is 3.27. The minimum atomic E-state index is -0.0437. The molecule has 2 fully saturated rings. The van der Waals surface area contributed by atoms with E-state index >= 15 is 0 Å². The van der Waals surface area contributed by atoms with E-state index in [1.165, 1.54) is 6.42 Å². The Hall–Kier alpha value is -1.29. The number of carbonyl (C=O) groups excluding carboxylic acids is 1. The van der Waals surface area contributed by atoms with Gasteiger partial charge >= 0.3 is 0 Å². The van der Waals surface area contributed by atoms with E-state index in [4.69, 9.17) is 4.42 Å². The van der Waals surface area contributed by atoms with Crippen molar-refractivity contribution < 1.29 is 9.21 Å². The van der Waals surface area contributed by atoms with Gasteiger partial charge in [0, 0.05) is 6.54 Å². The number of hydrogen-bond donors (Lipinski definition) is 1. The maximum atomic E-state index is 11.7. The molecule has 0 saturated carbocycles. The molecule has 0 aromatic carbocycles. The summed E-state index contributed by atoms with van der Waals surface area (Å²) in [5.41, 5.74) is 0. The second kappa shape index (κ2) is 3.38. The Kier molecular flexibility index (Phi) is 2.02. The van der Waals surface area contributed by atoms with Gasteiger partial charge < -0.3 is 9.73 Å². The third-order valence-electron chi connectivity index (χ3n) is 3.27. The largest absolute Gasteiger partial charge is 0.466 e. The minimum absolute atomic E-state index is 0.0437. The average molecular weight is 206 g/mol. The number of furan rings is 1. The van der Waals surface area contributed by atoms with Crippen LogP contribution < -0.4 is 5.32 Å². The molecular weight excluding hydrogens is 192 g/mol. The van der Waals surface area contributed by atoms with Crippen LogP contribution in [-0.2, 0) is 4.79 Å². The molecule has 1 aromatic rings. The molecule has 3 heterocycles. The van der Waals surface area contributed by atoms with Gasteiger partial charge in [-0.1, -0.05) is 6.42 Å². The number of amides is 1. The van der Waals surface area contributed by atoms with Crippen molar-refractivity contribution >= 4 is 5.91 Å². The first-order valence-electron chi connectivity index (χ1n) is 5.46. The molecule has 80 valence electrons. The smallest absolute Gasteiger partial charge is 0.239 e. The van der Waals surface area contributed by atoms with E-state index in [9.17, 15) is 4.79 Å². The van der Waals surface area contributed by atoms with Gasteiger partial charge in [0.15, 0.2) is 0 Å². The molecule has 0 spiro atoms. The summed E-state index contributed by atoms with van der Waals surface area (Å²) < 4.78 is 5.36. The Morgan fingerprint density at radius 1 is 1.47 bits per heavy atom. The highest BCUT2D eigenvalue weighted by atomic mass is 16.3. The van der Waals surface area contributed by atoms with Gasteiger partial charge in [-0.15, -0.1) is 0 Å². The normalized spacial score (nSPS) is 31.3. The zero-order chi connectivity index (χ0) is 10.3. The van der Waals surface area contributed by atoms with Crippen LogP contribution in [0.25, 0.3) is 0 Å². The topological polar surface area (TPSA) is 45.5 Å². The fourth-order valence-electron chi connectivity index (χ4n) is 2.54. The number of carbonyl (C=O) groups is 1. The number of fused-ring (bicyclic) bond motifs is 1. The lowest BCUT2D eigenvalue weighted by Crippen LogP contribution is -2.38. The molecule has 0 radical (unpaired) electrons. The Morgan fingerprint density at radius 3 is 3.20 bits per heavy atom. The van der Waals surface area contributed by atoms with Crippen LogP contribution in [0.1, 0.15) is 31.2 Å². The lowest BCUT2D eigenvalue weighted by atomic mass is 10.0. The molecule has 0 aliphatic carbocycles. The van der Waals surface area contributed by atoms with Crippen LogP contribution in [0.3, 0.4) is 0 Å². The van der Waals surface area contributed by atoms with Crippen LogP contribution in [0.15, 0.2) is 22.8 Å². The van der Waals surface area contributed by atoms with Crippen LogP contribution in [0.4, 0.5) is 0 Å². The first kappa shape index (κ1) is 8.97. The summed E-state index contributed by atoms with van der Waals surface area (Å²) in [7, 11) is 0. The summed E-state index contributed by atoms with van der Waals surface area (Å²) >= 11 is 0. The van der Waals surface area contributed by atoms with Gasteiger partial charge in [-0.05, 0) is 25.0 Å². The Morgan fingerprint density at radius 2 is 2.40 bits per heavy atom. The zero-order valence-electron chi connectivity index (χ0n) is 8.48. The molecule has 2 unspecified atom stereocenters. The SMILES string of the molecule is O=C1NC(c2ccco2)N2CCCCC12. The zero-order valence-corrected chi connectivity index (χ0v) is 8.48. The van der Waals surface area contributed by atoms with E-state index in [0.717, 1.165) is 25.1 Å². The quantitative estimate of drug-likeness (QED) is 0.752. The van der Waals surface area contributed by atoms with Gasteiger partial charge in [-0.3, -0.25) is 9.69 Å². The highest BCUT2D eigenvalue weighted by molar-refractivity contribution is 5.84. The first-order chi connectivity index (χ1) is 7.36. The van der Waals surface area contributed by atoms with Crippen LogP contribution in [-0.4, -0.2) is 23.4 Å². The van der Waals surface area contributed by atoms with E-state index in [1.807, 2.05) is 12.1 Å². The molecule has 4 heteroatoms. The van der Waals surface area contributed by atoms with Gasteiger partial charge in [0.25, 0.3) is 0 Å². The second-order valence-corrected chi connectivity index (χ2v) is 4.18. The predicted molar refractivity (Wildman–Crippen MR) is 53.9 cm³/mol. The summed E-state index contributed by atoms with van der Waals surface area (Å²) in [6.07, 6.45) is 4.90. The molecule has 2 aliphatic heterocycles. The van der Waals surface area contributed by atoms with E-state index in [-0.39, 0.29) is 18.1 Å². The molecule has 1 amide bonds. The summed E-state index contributed by atoms with van der Waals surface area (Å²) in [5.74, 6) is 0.990. The first-order valence-corrected chi connectivity index (χ1v) is 5.46. The number of rotatable bonds is 1. The second-order valence-electron chi connectivity index (χ2n) is 4.18. The summed E-state index contributed by atoms with van der Waals surface area (Å²) in [6.45, 7) is 0.981. The summed E-state index contributed by atoms with van der Waals surface area (Å²) in [5, 5.41) is 2.99. The van der Waals surface area contributed by atoms with Crippen molar-refractivity contribution in [1.29, 1.82) is 0 Å². The van der Waals surface area contributed by atoms with Gasteiger partial charge in [0.2, 0.25) is 5.91 Å². The highest BCUT2D eigenvalue weighted by Crippen LogP contribution is 2.31. The molecule has 0 bridgehead atoms. The Labute approximate surface area is 88.2 Å². The van der Waals surface area contributed by atoms with Crippen LogP contribution in [0.2, 0.25) is 0 Å². The standard InChI is InChI=1S/C11H14N2O2/c14-11-8-4-1-2-6-13(8)10(12-11)9-5-3-7-15-9/h3,5,7-8,10H,1-2,4,6H2,(H,12,14). The molecular formula is C11H14N2O2. The van der Waals surface area contributed by atoms with E-state index in [1.54, 1.807) is 6.26 Å². The molecule has 2 atom stereocenters. The van der Waals surface area contributed by atoms with E-state index in [0.29, 0.717) is 0 Å². The van der Waals surface area contributed by atoms with Crippen molar-refractivity contribution in [3.8, 4) is 0 Å². The fourth-order valence-corrected chi connectivity index (χ4v) is 2.54. The number of nitrogens with zero attached hydrogens (tertiary/aromatic N) is 1. The molecule has 15 heavy (non-hydrogen) atoms. The van der Waals surface area contributed by atoms with Gasteiger partial charge in [0.05, 0.1) is 12.3 Å². The summed E-state index contributed by atoms with van der Waals surface area (Å²) in [4.78, 5) is 13.9. The lowest BCUT2D eigenvalue weighted by Gasteiger charge is -2.30. The van der Waals surface area contributed by atoms with Crippen LogP contribution in [0, 0.1) is 0 Å². The van der Waals surface area contributed by atoms with Crippen LogP contribution >= 0.6 is 0 Å². The van der Waals surface area contributed by atoms with Crippen molar-refractivity contribution in [3.05, 3.63) is 24.2 Å². The molecule has 3 rings (SSSR count). The average Bonchev–Trinajstić information content (AvgIpc) is 2.87. The summed E-state index contributed by atoms with van der Waals surface area (Å²) in [6, 6.07) is 3.84. The number of hydrogen-bond acceptors (Lipinski definition) is 3. The Balaban J connectivity index is 1.88. The molecule has 4 nitrogen and oxygen atoms in total. The predicted octanol–water partition coefficient (Wildman–Crippen LogP) is 1.26. The minimum Gasteiger partial charge on any atom is -0.466 e. The Bertz CT molecular complexity index is 361. The maximum Gasteiger partial charge on any atom is 0.239 e. The number of piperidine rings is 1. The van der Waals surface area contributed by atoms with Crippen molar-refractivity contribution in [2.45, 2.75) is 31.5 Å². The van der Waals surface area contributed by atoms with Crippen molar-refractivity contribution in [2.24, 2.45) is 0 Å². The molecule has 1 aromatic heterocycles. The number of nitrogens with one attached hydrogen (secondary N) is 1. The van der Waals surface area contributed by atoms with Crippen molar-refractivity contribution in [2.75, 3.05) is 6.54 Å². The molecule has 2 aliphatic rings. The van der Waals surface area contributed by atoms with Crippen molar-refractivity contribution in [1.82, 2.24) is 10.2 Å². The monoisotopic (exact) mass is 206 g/mol. The fraction of sp³-hybridized carbons (Fsp3) is 0.545. The maximum absolute atomic E-state index is 11.7. The van der Waals surface area contributed by atoms with Gasteiger partial charge in [-0.2, -0.15) is 0 Å². The third kappa shape index (κ3) is 1.36. The highest BCUT2D eigenvalue weighted by Gasteiger charge is 2.42. The van der Waals surface area contributed by atoms with Gasteiger partial charge in [-0.25, -0.2) is 0 Å². The van der Waals surface area contributed by atoms with E-state index < -0.39 is 0 Å². The molecule has 1 N–H and O–H groups in total. The molecule has 2 saturated heterocycles. The lowest BCUT2D eigenvalue weighted by molar-refractivity contribution is -0.122.